The monoisotopic (exact) mass is 256 g/mol. The quantitative estimate of drug-likeness (QED) is 0.892. The molecule has 0 amide bonds. The fourth-order valence-corrected chi connectivity index (χ4v) is 2.01. The van der Waals surface area contributed by atoms with E-state index in [4.69, 9.17) is 10.5 Å². The van der Waals surface area contributed by atoms with Gasteiger partial charge in [-0.3, -0.25) is 4.90 Å². The normalized spacial score (nSPS) is 19.1. The summed E-state index contributed by atoms with van der Waals surface area (Å²) in [4.78, 5) is 2.28. The Hall–Kier alpha value is -1.04. The molecule has 1 saturated heterocycles. The molecule has 18 heavy (non-hydrogen) atoms. The predicted octanol–water partition coefficient (Wildman–Crippen LogP) is 1.78. The Bertz CT molecular complexity index is 364. The lowest BCUT2D eigenvalue weighted by Crippen LogP contribution is -2.35. The lowest BCUT2D eigenvalue weighted by Gasteiger charge is -2.26. The Morgan fingerprint density at radius 2 is 1.78 bits per heavy atom. The van der Waals surface area contributed by atoms with Gasteiger partial charge in [0.05, 0.1) is 19.3 Å². The summed E-state index contributed by atoms with van der Waals surface area (Å²) in [7, 11) is 0. The molecule has 2 N–H and O–H groups in total. The van der Waals surface area contributed by atoms with Gasteiger partial charge in [0, 0.05) is 19.6 Å². The molecule has 1 atom stereocenters. The molecule has 0 saturated carbocycles. The maximum atomic E-state index is 12.4. The van der Waals surface area contributed by atoms with E-state index in [0.29, 0.717) is 5.56 Å². The number of rotatable bonds is 4. The summed E-state index contributed by atoms with van der Waals surface area (Å²) >= 11 is 0. The zero-order valence-electron chi connectivity index (χ0n) is 10.2. The fraction of sp³-hybridized carbons (Fsp3) is 0.538. The third-order valence-corrected chi connectivity index (χ3v) is 3.15. The maximum Gasteiger partial charge on any atom is 0.257 e. The Morgan fingerprint density at radius 3 is 2.33 bits per heavy atom. The topological polar surface area (TPSA) is 38.5 Å². The molecule has 0 bridgehead atoms. The first-order chi connectivity index (χ1) is 8.66. The summed E-state index contributed by atoms with van der Waals surface area (Å²) in [5, 5.41) is 0. The van der Waals surface area contributed by atoms with Crippen LogP contribution < -0.4 is 5.73 Å². The van der Waals surface area contributed by atoms with Crippen LogP contribution in [0.25, 0.3) is 0 Å². The fourth-order valence-electron chi connectivity index (χ4n) is 2.01. The van der Waals surface area contributed by atoms with Gasteiger partial charge in [-0.25, -0.2) is 8.78 Å². The van der Waals surface area contributed by atoms with Crippen LogP contribution in [0.3, 0.4) is 0 Å². The van der Waals surface area contributed by atoms with Crippen molar-refractivity contribution in [2.75, 3.05) is 26.3 Å². The number of morpholine rings is 1. The minimum Gasteiger partial charge on any atom is -0.379 e. The van der Waals surface area contributed by atoms with Crippen molar-refractivity contribution in [3.8, 4) is 0 Å². The van der Waals surface area contributed by atoms with Gasteiger partial charge in [-0.15, -0.1) is 0 Å². The van der Waals surface area contributed by atoms with Gasteiger partial charge in [0.1, 0.15) is 0 Å². The van der Waals surface area contributed by atoms with Crippen LogP contribution in [0.15, 0.2) is 24.3 Å². The first kappa shape index (κ1) is 13.4. The number of halogens is 2. The molecule has 0 aliphatic carbocycles. The minimum absolute atomic E-state index is 0.482. The summed E-state index contributed by atoms with van der Waals surface area (Å²) in [6, 6.07) is 5.92. The van der Waals surface area contributed by atoms with Crippen LogP contribution in [0, 0.1) is 0 Å². The smallest absolute Gasteiger partial charge is 0.257 e. The third kappa shape index (κ3) is 3.48. The second-order valence-corrected chi connectivity index (χ2v) is 4.49. The Labute approximate surface area is 106 Å². The van der Waals surface area contributed by atoms with Crippen molar-refractivity contribution in [2.24, 2.45) is 5.73 Å². The van der Waals surface area contributed by atoms with Gasteiger partial charge in [0.2, 0.25) is 0 Å². The SMILES string of the molecule is NC(c1ccc(CN2CCOCC2)cc1)C(F)F. The van der Waals surface area contributed by atoms with Gasteiger partial charge in [-0.2, -0.15) is 0 Å². The average molecular weight is 256 g/mol. The van der Waals surface area contributed by atoms with Crippen molar-refractivity contribution in [1.82, 2.24) is 4.90 Å². The molecule has 1 unspecified atom stereocenters. The molecule has 1 fully saturated rings. The van der Waals surface area contributed by atoms with E-state index in [1.165, 1.54) is 0 Å². The number of hydrogen-bond donors (Lipinski definition) is 1. The van der Waals surface area contributed by atoms with Gasteiger partial charge in [0.25, 0.3) is 6.43 Å². The maximum absolute atomic E-state index is 12.4. The molecule has 3 nitrogen and oxygen atoms in total. The van der Waals surface area contributed by atoms with Crippen LogP contribution in [0.4, 0.5) is 8.78 Å². The standard InChI is InChI=1S/C13H18F2N2O/c14-13(15)12(16)11-3-1-10(2-4-11)9-17-5-7-18-8-6-17/h1-4,12-13H,5-9,16H2. The lowest BCUT2D eigenvalue weighted by molar-refractivity contribution is 0.0342. The van der Waals surface area contributed by atoms with E-state index >= 15 is 0 Å². The van der Waals surface area contributed by atoms with Crippen LogP contribution >= 0.6 is 0 Å². The number of ether oxygens (including phenoxy) is 1. The minimum atomic E-state index is -2.52. The Morgan fingerprint density at radius 1 is 1.17 bits per heavy atom. The highest BCUT2D eigenvalue weighted by molar-refractivity contribution is 5.25. The van der Waals surface area contributed by atoms with Gasteiger partial charge in [-0.05, 0) is 11.1 Å². The highest BCUT2D eigenvalue weighted by Gasteiger charge is 2.17. The van der Waals surface area contributed by atoms with E-state index in [9.17, 15) is 8.78 Å². The first-order valence-electron chi connectivity index (χ1n) is 6.09. The highest BCUT2D eigenvalue weighted by atomic mass is 19.3. The molecule has 5 heteroatoms. The zero-order valence-corrected chi connectivity index (χ0v) is 10.2. The number of nitrogens with zero attached hydrogens (tertiary/aromatic N) is 1. The van der Waals surface area contributed by atoms with E-state index in [0.717, 1.165) is 38.4 Å². The van der Waals surface area contributed by atoms with Crippen LogP contribution in [0.2, 0.25) is 0 Å². The summed E-state index contributed by atoms with van der Waals surface area (Å²) in [5.41, 5.74) is 6.99. The first-order valence-corrected chi connectivity index (χ1v) is 6.09. The van der Waals surface area contributed by atoms with Gasteiger partial charge >= 0.3 is 0 Å². The zero-order chi connectivity index (χ0) is 13.0. The molecule has 0 radical (unpaired) electrons. The number of alkyl halides is 2. The summed E-state index contributed by atoms with van der Waals surface area (Å²) < 4.78 is 30.2. The molecule has 1 aliphatic rings. The Balaban J connectivity index is 1.94. The number of nitrogens with two attached hydrogens (primary N) is 1. The van der Waals surface area contributed by atoms with Crippen molar-refractivity contribution < 1.29 is 13.5 Å². The van der Waals surface area contributed by atoms with Crippen molar-refractivity contribution in [3.63, 3.8) is 0 Å². The largest absolute Gasteiger partial charge is 0.379 e. The van der Waals surface area contributed by atoms with Crippen LogP contribution in [0.1, 0.15) is 17.2 Å². The van der Waals surface area contributed by atoms with E-state index in [-0.39, 0.29) is 0 Å². The number of benzene rings is 1. The molecular formula is C13H18F2N2O. The van der Waals surface area contributed by atoms with Gasteiger partial charge in [0.15, 0.2) is 0 Å². The van der Waals surface area contributed by atoms with E-state index in [1.54, 1.807) is 12.1 Å². The lowest BCUT2D eigenvalue weighted by atomic mass is 10.1. The average Bonchev–Trinajstić information content (AvgIpc) is 2.40. The van der Waals surface area contributed by atoms with E-state index in [1.807, 2.05) is 12.1 Å². The number of hydrogen-bond acceptors (Lipinski definition) is 3. The molecule has 0 spiro atoms. The summed E-state index contributed by atoms with van der Waals surface area (Å²) in [6.45, 7) is 4.17. The molecule has 100 valence electrons. The Kier molecular flexibility index (Phi) is 4.63. The van der Waals surface area contributed by atoms with Crippen LogP contribution in [0.5, 0.6) is 0 Å². The predicted molar refractivity (Wildman–Crippen MR) is 65.5 cm³/mol. The van der Waals surface area contributed by atoms with E-state index in [2.05, 4.69) is 4.90 Å². The van der Waals surface area contributed by atoms with Crippen molar-refractivity contribution in [2.45, 2.75) is 19.0 Å². The second-order valence-electron chi connectivity index (χ2n) is 4.49. The van der Waals surface area contributed by atoms with Crippen molar-refractivity contribution >= 4 is 0 Å². The van der Waals surface area contributed by atoms with Crippen LogP contribution in [-0.2, 0) is 11.3 Å². The molecule has 1 aromatic carbocycles. The van der Waals surface area contributed by atoms with E-state index < -0.39 is 12.5 Å². The van der Waals surface area contributed by atoms with Crippen molar-refractivity contribution in [1.29, 1.82) is 0 Å². The molecule has 0 aromatic heterocycles. The summed E-state index contributed by atoms with van der Waals surface area (Å²) in [5.74, 6) is 0. The van der Waals surface area contributed by atoms with Gasteiger partial charge < -0.3 is 10.5 Å². The molecular weight excluding hydrogens is 238 g/mol. The molecule has 1 aliphatic heterocycles. The second kappa shape index (κ2) is 6.22. The summed E-state index contributed by atoms with van der Waals surface area (Å²) in [6.07, 6.45) is -2.52. The third-order valence-electron chi connectivity index (χ3n) is 3.15. The highest BCUT2D eigenvalue weighted by Crippen LogP contribution is 2.18. The van der Waals surface area contributed by atoms with Crippen molar-refractivity contribution in [3.05, 3.63) is 35.4 Å². The molecule has 2 rings (SSSR count). The molecule has 1 heterocycles. The molecule has 1 aromatic rings. The van der Waals surface area contributed by atoms with Crippen LogP contribution in [-0.4, -0.2) is 37.6 Å². The van der Waals surface area contributed by atoms with Gasteiger partial charge in [-0.1, -0.05) is 24.3 Å².